The highest BCUT2D eigenvalue weighted by Crippen LogP contribution is 2.26. The van der Waals surface area contributed by atoms with Gasteiger partial charge in [0.1, 0.15) is 12.3 Å². The Morgan fingerprint density at radius 1 is 0.950 bits per heavy atom. The maximum atomic E-state index is 13.3. The number of sulfonamides is 1. The smallest absolute Gasteiger partial charge is 0.264 e. The Kier molecular flexibility index (Phi) is 10.2. The van der Waals surface area contributed by atoms with E-state index in [1.165, 1.54) is 30.8 Å². The van der Waals surface area contributed by atoms with E-state index in [9.17, 15) is 18.0 Å². The zero-order valence-electron chi connectivity index (χ0n) is 21.8. The third-order valence-electron chi connectivity index (χ3n) is 6.34. The van der Waals surface area contributed by atoms with Crippen LogP contribution in [0.3, 0.4) is 0 Å². The number of amides is 2. The van der Waals surface area contributed by atoms with E-state index in [-0.39, 0.29) is 29.1 Å². The topological polar surface area (TPSA) is 117 Å². The minimum atomic E-state index is -4.05. The van der Waals surface area contributed by atoms with E-state index < -0.39 is 22.5 Å². The highest BCUT2D eigenvalue weighted by Gasteiger charge is 2.27. The van der Waals surface area contributed by atoms with Crippen LogP contribution in [-0.4, -0.2) is 45.6 Å². The lowest BCUT2D eigenvalue weighted by Crippen LogP contribution is -2.39. The van der Waals surface area contributed by atoms with Crippen molar-refractivity contribution in [3.05, 3.63) is 89.4 Å². The van der Waals surface area contributed by atoms with Crippen molar-refractivity contribution in [2.45, 2.75) is 43.0 Å². The van der Waals surface area contributed by atoms with Crippen molar-refractivity contribution in [2.24, 2.45) is 5.10 Å². The van der Waals surface area contributed by atoms with Crippen LogP contribution in [0.5, 0.6) is 5.75 Å². The van der Waals surface area contributed by atoms with Gasteiger partial charge in [0.15, 0.2) is 6.61 Å². The second-order valence-corrected chi connectivity index (χ2v) is 11.7. The highest BCUT2D eigenvalue weighted by atomic mass is 35.5. The zero-order valence-corrected chi connectivity index (χ0v) is 23.4. The van der Waals surface area contributed by atoms with Gasteiger partial charge >= 0.3 is 0 Å². The predicted octanol–water partition coefficient (Wildman–Crippen LogP) is 4.51. The molecule has 0 heterocycles. The van der Waals surface area contributed by atoms with Crippen molar-refractivity contribution in [3.63, 3.8) is 0 Å². The monoisotopic (exact) mass is 582 g/mol. The van der Waals surface area contributed by atoms with Gasteiger partial charge in [0.05, 0.1) is 16.8 Å². The molecule has 0 bridgehead atoms. The number of halogens is 1. The number of anilines is 1. The molecule has 0 radical (unpaired) electrons. The Hall–Kier alpha value is -3.89. The number of nitrogens with zero attached hydrogens (tertiary/aromatic N) is 2. The van der Waals surface area contributed by atoms with Gasteiger partial charge in [0.25, 0.3) is 21.8 Å². The zero-order chi connectivity index (χ0) is 28.4. The predicted molar refractivity (Wildman–Crippen MR) is 155 cm³/mol. The summed E-state index contributed by atoms with van der Waals surface area (Å²) < 4.78 is 33.2. The van der Waals surface area contributed by atoms with E-state index in [4.69, 9.17) is 16.3 Å². The second-order valence-electron chi connectivity index (χ2n) is 9.36. The summed E-state index contributed by atoms with van der Waals surface area (Å²) in [6.07, 6.45) is 6.95. The molecule has 1 aliphatic rings. The molecule has 0 spiro atoms. The molecule has 9 nitrogen and oxygen atoms in total. The van der Waals surface area contributed by atoms with Crippen molar-refractivity contribution < 1.29 is 22.7 Å². The number of hydrazone groups is 1. The van der Waals surface area contributed by atoms with Crippen LogP contribution in [0.4, 0.5) is 5.69 Å². The summed E-state index contributed by atoms with van der Waals surface area (Å²) in [6.45, 7) is -0.570. The van der Waals surface area contributed by atoms with Crippen LogP contribution in [-0.2, 0) is 19.6 Å². The highest BCUT2D eigenvalue weighted by molar-refractivity contribution is 7.92. The number of ether oxygens (including phenoxy) is 1. The van der Waals surface area contributed by atoms with Gasteiger partial charge in [-0.15, -0.1) is 0 Å². The first-order chi connectivity index (χ1) is 19.3. The van der Waals surface area contributed by atoms with Gasteiger partial charge in [-0.2, -0.15) is 5.10 Å². The molecule has 40 heavy (non-hydrogen) atoms. The fourth-order valence-corrected chi connectivity index (χ4v) is 5.94. The van der Waals surface area contributed by atoms with Crippen LogP contribution < -0.4 is 19.8 Å². The Balaban J connectivity index is 1.32. The quantitative estimate of drug-likeness (QED) is 0.255. The lowest BCUT2D eigenvalue weighted by molar-refractivity contribution is -0.124. The van der Waals surface area contributed by atoms with E-state index in [2.05, 4.69) is 15.8 Å². The summed E-state index contributed by atoms with van der Waals surface area (Å²) in [4.78, 5) is 24.9. The molecule has 4 rings (SSSR count). The second kappa shape index (κ2) is 14.0. The number of benzene rings is 3. The molecule has 1 fully saturated rings. The Morgan fingerprint density at radius 2 is 1.68 bits per heavy atom. The molecule has 1 aliphatic carbocycles. The van der Waals surface area contributed by atoms with Crippen molar-refractivity contribution >= 4 is 45.3 Å². The molecule has 0 unspecified atom stereocenters. The number of hydrogen-bond donors (Lipinski definition) is 2. The molecule has 11 heteroatoms. The van der Waals surface area contributed by atoms with Crippen LogP contribution >= 0.6 is 11.6 Å². The minimum Gasteiger partial charge on any atom is -0.484 e. The summed E-state index contributed by atoms with van der Waals surface area (Å²) in [6, 6.07) is 21.2. The molecule has 0 saturated heterocycles. The molecular formula is C29H31ClN4O5S. The van der Waals surface area contributed by atoms with Gasteiger partial charge in [-0.3, -0.25) is 13.9 Å². The maximum absolute atomic E-state index is 13.3. The third-order valence-corrected chi connectivity index (χ3v) is 8.36. The summed E-state index contributed by atoms with van der Waals surface area (Å²) in [5.74, 6) is -0.246. The van der Waals surface area contributed by atoms with E-state index >= 15 is 0 Å². The van der Waals surface area contributed by atoms with Crippen LogP contribution in [0, 0.1) is 0 Å². The van der Waals surface area contributed by atoms with Crippen molar-refractivity contribution in [1.29, 1.82) is 0 Å². The van der Waals surface area contributed by atoms with E-state index in [1.54, 1.807) is 60.7 Å². The summed E-state index contributed by atoms with van der Waals surface area (Å²) in [5.41, 5.74) is 3.29. The summed E-state index contributed by atoms with van der Waals surface area (Å²) in [7, 11) is -4.05. The molecule has 0 aliphatic heterocycles. The summed E-state index contributed by atoms with van der Waals surface area (Å²) in [5, 5.41) is 7.30. The normalized spacial score (nSPS) is 14.0. The Labute approximate surface area is 239 Å². The van der Waals surface area contributed by atoms with Gasteiger partial charge in [-0.1, -0.05) is 55.1 Å². The standard InChI is InChI=1S/C29H31ClN4O5S/c30-23-8-7-11-25(18-23)34(40(37,38)27-12-5-2-6-13-27)20-28(35)33-31-19-22-14-16-26(17-15-22)39-21-29(36)32-24-9-3-1-4-10-24/h2,5-8,11-19,24H,1,3-4,9-10,20-21H2,(H,32,36)(H,33,35)/b31-19-. The lowest BCUT2D eigenvalue weighted by Gasteiger charge is -2.23. The van der Waals surface area contributed by atoms with Crippen LogP contribution in [0.25, 0.3) is 0 Å². The van der Waals surface area contributed by atoms with Gasteiger partial charge < -0.3 is 10.1 Å². The number of rotatable bonds is 11. The summed E-state index contributed by atoms with van der Waals surface area (Å²) >= 11 is 6.08. The molecule has 2 amide bonds. The first-order valence-electron chi connectivity index (χ1n) is 13.0. The van der Waals surface area contributed by atoms with Crippen LogP contribution in [0.2, 0.25) is 5.02 Å². The Morgan fingerprint density at radius 3 is 2.38 bits per heavy atom. The average Bonchev–Trinajstić information content (AvgIpc) is 2.96. The molecular weight excluding hydrogens is 552 g/mol. The van der Waals surface area contributed by atoms with Crippen LogP contribution in [0.15, 0.2) is 88.9 Å². The first kappa shape index (κ1) is 29.1. The van der Waals surface area contributed by atoms with Gasteiger partial charge in [0, 0.05) is 11.1 Å². The number of nitrogens with one attached hydrogen (secondary N) is 2. The number of carbonyl (C=O) groups is 2. The molecule has 1 saturated carbocycles. The van der Waals surface area contributed by atoms with Crippen molar-refractivity contribution in [3.8, 4) is 5.75 Å². The third kappa shape index (κ3) is 8.30. The fraction of sp³-hybridized carbons (Fsp3) is 0.276. The van der Waals surface area contributed by atoms with Gasteiger partial charge in [-0.05, 0) is 73.0 Å². The maximum Gasteiger partial charge on any atom is 0.264 e. The molecule has 0 aromatic heterocycles. The average molecular weight is 583 g/mol. The molecule has 3 aromatic carbocycles. The number of carbonyl (C=O) groups excluding carboxylic acids is 2. The fourth-order valence-electron chi connectivity index (χ4n) is 4.33. The van der Waals surface area contributed by atoms with Crippen LogP contribution in [0.1, 0.15) is 37.7 Å². The molecule has 210 valence electrons. The Bertz CT molecular complexity index is 1430. The molecule has 3 aromatic rings. The SMILES string of the molecule is O=C(CN(c1cccc(Cl)c1)S(=O)(=O)c1ccccc1)N/N=C\c1ccc(OCC(=O)NC2CCCCC2)cc1. The van der Waals surface area contributed by atoms with E-state index in [1.807, 2.05) is 0 Å². The van der Waals surface area contributed by atoms with E-state index in [0.717, 1.165) is 30.0 Å². The van der Waals surface area contributed by atoms with E-state index in [0.29, 0.717) is 16.3 Å². The number of hydrogen-bond acceptors (Lipinski definition) is 6. The molecule has 0 atom stereocenters. The molecule has 2 N–H and O–H groups in total. The minimum absolute atomic E-state index is 0.0417. The van der Waals surface area contributed by atoms with Gasteiger partial charge in [-0.25, -0.2) is 13.8 Å². The van der Waals surface area contributed by atoms with Gasteiger partial charge in [0.2, 0.25) is 0 Å². The first-order valence-corrected chi connectivity index (χ1v) is 14.8. The van der Waals surface area contributed by atoms with Crippen molar-refractivity contribution in [1.82, 2.24) is 10.7 Å². The lowest BCUT2D eigenvalue weighted by atomic mass is 9.95. The van der Waals surface area contributed by atoms with Crippen molar-refractivity contribution in [2.75, 3.05) is 17.5 Å². The largest absolute Gasteiger partial charge is 0.484 e.